The smallest absolute Gasteiger partial charge is 0.313 e. The molecule has 2 amide bonds. The molecule has 2 N–H and O–H groups in total. The number of aryl methyl sites for hydroxylation is 1. The number of nitrogens with zero attached hydrogens (tertiary/aromatic N) is 2. The molecule has 2 aliphatic heterocycles. The first-order valence-corrected chi connectivity index (χ1v) is 10.9. The maximum absolute atomic E-state index is 13.8. The Morgan fingerprint density at radius 1 is 1.03 bits per heavy atom. The second kappa shape index (κ2) is 9.47. The lowest BCUT2D eigenvalue weighted by Gasteiger charge is -2.31. The van der Waals surface area contributed by atoms with Gasteiger partial charge in [0, 0.05) is 25.8 Å². The van der Waals surface area contributed by atoms with Gasteiger partial charge in [0.15, 0.2) is 0 Å². The molecule has 2 aromatic carbocycles. The lowest BCUT2D eigenvalue weighted by molar-refractivity contribution is -0.136. The van der Waals surface area contributed by atoms with E-state index in [4.69, 9.17) is 0 Å². The predicted octanol–water partition coefficient (Wildman–Crippen LogP) is 3.10. The topological polar surface area (TPSA) is 64.7 Å². The molecule has 1 atom stereocenters. The molecular weight excluding hydrogens is 395 g/mol. The molecule has 0 unspecified atom stereocenters. The molecule has 164 valence electrons. The summed E-state index contributed by atoms with van der Waals surface area (Å²) in [4.78, 5) is 29.3. The van der Waals surface area contributed by atoms with E-state index in [1.807, 2.05) is 0 Å². The van der Waals surface area contributed by atoms with E-state index >= 15 is 0 Å². The molecule has 2 aliphatic rings. The largest absolute Gasteiger partial charge is 0.374 e. The lowest BCUT2D eigenvalue weighted by atomic mass is 9.96. The van der Waals surface area contributed by atoms with Gasteiger partial charge in [-0.2, -0.15) is 0 Å². The summed E-state index contributed by atoms with van der Waals surface area (Å²) in [6, 6.07) is 12.4. The zero-order chi connectivity index (χ0) is 21.8. The molecule has 2 aromatic rings. The summed E-state index contributed by atoms with van der Waals surface area (Å²) >= 11 is 0. The molecule has 31 heavy (non-hydrogen) atoms. The number of rotatable bonds is 5. The van der Waals surface area contributed by atoms with Crippen molar-refractivity contribution in [3.63, 3.8) is 0 Å². The summed E-state index contributed by atoms with van der Waals surface area (Å²) in [6.45, 7) is 3.34. The van der Waals surface area contributed by atoms with E-state index < -0.39 is 17.6 Å². The third-order valence-corrected chi connectivity index (χ3v) is 6.20. The average Bonchev–Trinajstić information content (AvgIpc) is 3.30. The number of anilines is 2. The number of carbonyl (C=O) groups excluding carboxylic acids is 2. The molecule has 4 rings (SSSR count). The minimum Gasteiger partial charge on any atom is -0.374 e. The second-order valence-corrected chi connectivity index (χ2v) is 8.32. The summed E-state index contributed by atoms with van der Waals surface area (Å²) in [6.07, 6.45) is 4.45. The van der Waals surface area contributed by atoms with E-state index in [0.29, 0.717) is 6.54 Å². The molecule has 1 fully saturated rings. The number of hydrogen-bond acceptors (Lipinski definition) is 4. The van der Waals surface area contributed by atoms with Crippen molar-refractivity contribution in [2.75, 3.05) is 43.4 Å². The Morgan fingerprint density at radius 3 is 2.58 bits per heavy atom. The molecule has 0 radical (unpaired) electrons. The van der Waals surface area contributed by atoms with Crippen molar-refractivity contribution in [2.45, 2.75) is 31.7 Å². The number of fused-ring (bicyclic) bond motifs is 1. The summed E-state index contributed by atoms with van der Waals surface area (Å²) in [5.74, 6) is -2.19. The number of para-hydroxylation sites is 1. The van der Waals surface area contributed by atoms with Gasteiger partial charge in [-0.3, -0.25) is 14.5 Å². The van der Waals surface area contributed by atoms with Crippen LogP contribution in [0.25, 0.3) is 0 Å². The van der Waals surface area contributed by atoms with Gasteiger partial charge >= 0.3 is 11.8 Å². The van der Waals surface area contributed by atoms with Crippen LogP contribution in [0.3, 0.4) is 0 Å². The summed E-state index contributed by atoms with van der Waals surface area (Å²) in [7, 11) is 2.12. The van der Waals surface area contributed by atoms with Gasteiger partial charge in [0.1, 0.15) is 5.82 Å². The third-order valence-electron chi connectivity index (χ3n) is 6.20. The Kier molecular flexibility index (Phi) is 6.51. The van der Waals surface area contributed by atoms with Gasteiger partial charge in [0.05, 0.1) is 11.7 Å². The monoisotopic (exact) mass is 424 g/mol. The van der Waals surface area contributed by atoms with Gasteiger partial charge < -0.3 is 15.5 Å². The fourth-order valence-corrected chi connectivity index (χ4v) is 4.53. The van der Waals surface area contributed by atoms with Crippen LogP contribution in [0.15, 0.2) is 42.5 Å². The van der Waals surface area contributed by atoms with Crippen molar-refractivity contribution in [2.24, 2.45) is 0 Å². The third kappa shape index (κ3) is 4.88. The molecule has 1 saturated heterocycles. The Labute approximate surface area is 182 Å². The molecule has 2 heterocycles. The number of nitrogens with one attached hydrogen (secondary N) is 2. The number of likely N-dealkylation sites (tertiary alicyclic amines) is 1. The SMILES string of the molecule is CN1CCCc2cc([C@@H](CNC(=O)C(=O)Nc3ccccc3F)N3CCCC3)ccc21. The van der Waals surface area contributed by atoms with Crippen LogP contribution in [0, 0.1) is 5.82 Å². The Hall–Kier alpha value is -2.93. The van der Waals surface area contributed by atoms with Crippen LogP contribution < -0.4 is 15.5 Å². The highest BCUT2D eigenvalue weighted by molar-refractivity contribution is 6.39. The van der Waals surface area contributed by atoms with Crippen LogP contribution in [0.4, 0.5) is 15.8 Å². The standard InChI is InChI=1S/C24H29FN4O2/c1-28-12-6-7-17-15-18(10-11-21(17)28)22(29-13-4-5-14-29)16-26-23(30)24(31)27-20-9-3-2-8-19(20)25/h2-3,8-11,15,22H,4-7,12-14,16H2,1H3,(H,26,30)(H,27,31)/t22-/m1/s1. The van der Waals surface area contributed by atoms with Crippen molar-refractivity contribution in [1.82, 2.24) is 10.2 Å². The number of carbonyl (C=O) groups is 2. The van der Waals surface area contributed by atoms with Gasteiger partial charge in [0.2, 0.25) is 0 Å². The molecule has 7 heteroatoms. The van der Waals surface area contributed by atoms with Crippen LogP contribution in [0.2, 0.25) is 0 Å². The van der Waals surface area contributed by atoms with Crippen LogP contribution >= 0.6 is 0 Å². The molecule has 6 nitrogen and oxygen atoms in total. The fourth-order valence-electron chi connectivity index (χ4n) is 4.53. The fraction of sp³-hybridized carbons (Fsp3) is 0.417. The highest BCUT2D eigenvalue weighted by atomic mass is 19.1. The molecular formula is C24H29FN4O2. The number of benzene rings is 2. The highest BCUT2D eigenvalue weighted by Crippen LogP contribution is 2.31. The van der Waals surface area contributed by atoms with Crippen LogP contribution in [0.1, 0.15) is 36.4 Å². The van der Waals surface area contributed by atoms with E-state index in [9.17, 15) is 14.0 Å². The summed E-state index contributed by atoms with van der Waals surface area (Å²) in [5, 5.41) is 5.10. The van der Waals surface area contributed by atoms with Crippen molar-refractivity contribution < 1.29 is 14.0 Å². The Morgan fingerprint density at radius 2 is 1.81 bits per heavy atom. The summed E-state index contributed by atoms with van der Waals surface area (Å²) < 4.78 is 13.8. The number of halogens is 1. The van der Waals surface area contributed by atoms with E-state index in [2.05, 4.69) is 45.7 Å². The van der Waals surface area contributed by atoms with Crippen LogP contribution in [-0.2, 0) is 16.0 Å². The molecule has 0 bridgehead atoms. The summed E-state index contributed by atoms with van der Waals surface area (Å²) in [5.41, 5.74) is 3.76. The zero-order valence-corrected chi connectivity index (χ0v) is 17.9. The molecule has 0 aromatic heterocycles. The highest BCUT2D eigenvalue weighted by Gasteiger charge is 2.26. The first-order chi connectivity index (χ1) is 15.0. The Balaban J connectivity index is 1.46. The van der Waals surface area contributed by atoms with Gasteiger partial charge in [-0.15, -0.1) is 0 Å². The minimum absolute atomic E-state index is 0.00227. The average molecular weight is 425 g/mol. The number of hydrogen-bond donors (Lipinski definition) is 2. The second-order valence-electron chi connectivity index (χ2n) is 8.32. The predicted molar refractivity (Wildman–Crippen MR) is 120 cm³/mol. The van der Waals surface area contributed by atoms with Gasteiger partial charge in [-0.1, -0.05) is 24.3 Å². The van der Waals surface area contributed by atoms with E-state index in [1.54, 1.807) is 6.07 Å². The van der Waals surface area contributed by atoms with E-state index in [1.165, 1.54) is 29.4 Å². The van der Waals surface area contributed by atoms with Crippen LogP contribution in [-0.4, -0.2) is 49.9 Å². The Bertz CT molecular complexity index is 958. The first kappa shape index (κ1) is 21.3. The zero-order valence-electron chi connectivity index (χ0n) is 17.9. The van der Waals surface area contributed by atoms with Crippen molar-refractivity contribution in [3.05, 3.63) is 59.4 Å². The van der Waals surface area contributed by atoms with Crippen molar-refractivity contribution in [1.29, 1.82) is 0 Å². The van der Waals surface area contributed by atoms with Gasteiger partial charge in [-0.25, -0.2) is 4.39 Å². The van der Waals surface area contributed by atoms with Gasteiger partial charge in [-0.05, 0) is 68.1 Å². The molecule has 0 saturated carbocycles. The maximum atomic E-state index is 13.8. The quantitative estimate of drug-likeness (QED) is 0.724. The number of amides is 2. The first-order valence-electron chi connectivity index (χ1n) is 10.9. The van der Waals surface area contributed by atoms with Gasteiger partial charge in [0.25, 0.3) is 0 Å². The van der Waals surface area contributed by atoms with E-state index in [0.717, 1.165) is 50.9 Å². The molecule has 0 aliphatic carbocycles. The normalized spacial score (nSPS) is 17.2. The molecule has 0 spiro atoms. The lowest BCUT2D eigenvalue weighted by Crippen LogP contribution is -2.41. The van der Waals surface area contributed by atoms with Crippen LogP contribution in [0.5, 0.6) is 0 Å². The maximum Gasteiger partial charge on any atom is 0.313 e. The van der Waals surface area contributed by atoms with Crippen molar-refractivity contribution in [3.8, 4) is 0 Å². The minimum atomic E-state index is -0.864. The van der Waals surface area contributed by atoms with Crippen molar-refractivity contribution >= 4 is 23.2 Å². The van der Waals surface area contributed by atoms with E-state index in [-0.39, 0.29) is 11.7 Å².